The lowest BCUT2D eigenvalue weighted by molar-refractivity contribution is -0.384. The fraction of sp³-hybridized carbons (Fsp3) is 0.545. The number of nitrogens with zero attached hydrogens (tertiary/aromatic N) is 2. The number of pyridine rings is 1. The summed E-state index contributed by atoms with van der Waals surface area (Å²) < 4.78 is 0. The molecule has 17 heavy (non-hydrogen) atoms. The number of halogens is 1. The third-order valence-corrected chi connectivity index (χ3v) is 2.80. The van der Waals surface area contributed by atoms with E-state index >= 15 is 0 Å². The molecule has 1 unspecified atom stereocenters. The lowest BCUT2D eigenvalue weighted by Gasteiger charge is -2.20. The molecule has 0 aliphatic heterocycles. The molecule has 0 bridgehead atoms. The molecular formula is C11H16ClN3O2. The Kier molecular flexibility index (Phi) is 4.69. The van der Waals surface area contributed by atoms with Gasteiger partial charge in [0.15, 0.2) is 0 Å². The van der Waals surface area contributed by atoms with E-state index in [4.69, 9.17) is 11.6 Å². The molecule has 0 amide bonds. The molecule has 0 saturated heterocycles. The average Bonchev–Trinajstić information content (AvgIpc) is 2.26. The van der Waals surface area contributed by atoms with Crippen molar-refractivity contribution in [3.05, 3.63) is 27.4 Å². The number of hydrogen-bond acceptors (Lipinski definition) is 4. The van der Waals surface area contributed by atoms with Gasteiger partial charge in [-0.2, -0.15) is 0 Å². The predicted molar refractivity (Wildman–Crippen MR) is 68.4 cm³/mol. The zero-order valence-electron chi connectivity index (χ0n) is 10.1. The normalized spacial score (nSPS) is 12.5. The van der Waals surface area contributed by atoms with Gasteiger partial charge in [-0.15, -0.1) is 0 Å². The number of hydrogen-bond donors (Lipinski definition) is 1. The van der Waals surface area contributed by atoms with Crippen LogP contribution in [0.5, 0.6) is 0 Å². The molecule has 0 fully saturated rings. The van der Waals surface area contributed by atoms with E-state index in [2.05, 4.69) is 24.1 Å². The molecule has 1 heterocycles. The summed E-state index contributed by atoms with van der Waals surface area (Å²) in [6.07, 6.45) is 2.28. The minimum Gasteiger partial charge on any atom is -0.361 e. The number of aromatic nitrogens is 1. The van der Waals surface area contributed by atoms with Crippen molar-refractivity contribution in [3.63, 3.8) is 0 Å². The van der Waals surface area contributed by atoms with Crippen LogP contribution >= 0.6 is 11.6 Å². The minimum absolute atomic E-state index is 0.0865. The van der Waals surface area contributed by atoms with E-state index in [9.17, 15) is 10.1 Å². The van der Waals surface area contributed by atoms with Gasteiger partial charge >= 0.3 is 5.69 Å². The summed E-state index contributed by atoms with van der Waals surface area (Å²) in [6, 6.07) is 1.46. The van der Waals surface area contributed by atoms with E-state index in [1.807, 2.05) is 6.92 Å². The van der Waals surface area contributed by atoms with Crippen molar-refractivity contribution in [1.82, 2.24) is 4.98 Å². The maximum atomic E-state index is 10.9. The largest absolute Gasteiger partial charge is 0.361 e. The van der Waals surface area contributed by atoms with E-state index in [1.165, 1.54) is 12.3 Å². The molecule has 0 spiro atoms. The first kappa shape index (κ1) is 13.7. The summed E-state index contributed by atoms with van der Waals surface area (Å²) in [7, 11) is 0. The van der Waals surface area contributed by atoms with Crippen LogP contribution in [0, 0.1) is 16.0 Å². The molecule has 0 aliphatic rings. The fourth-order valence-electron chi connectivity index (χ4n) is 1.59. The average molecular weight is 258 g/mol. The van der Waals surface area contributed by atoms with E-state index < -0.39 is 4.92 Å². The highest BCUT2D eigenvalue weighted by atomic mass is 35.5. The summed E-state index contributed by atoms with van der Waals surface area (Å²) in [4.78, 5) is 14.4. The maximum Gasteiger partial charge on any atom is 0.312 e. The summed E-state index contributed by atoms with van der Waals surface area (Å²) in [5.41, 5.74) is -0.0865. The molecule has 5 nitrogen and oxygen atoms in total. The van der Waals surface area contributed by atoms with Gasteiger partial charge in [0.1, 0.15) is 0 Å². The van der Waals surface area contributed by atoms with E-state index in [0.717, 1.165) is 6.42 Å². The van der Waals surface area contributed by atoms with E-state index in [1.54, 1.807) is 0 Å². The Bertz CT molecular complexity index is 410. The van der Waals surface area contributed by atoms with Crippen LogP contribution in [0.2, 0.25) is 5.02 Å². The number of anilines is 1. The Morgan fingerprint density at radius 3 is 2.71 bits per heavy atom. The number of nitro groups is 1. The highest BCUT2D eigenvalue weighted by Crippen LogP contribution is 2.26. The van der Waals surface area contributed by atoms with Crippen LogP contribution in [0.4, 0.5) is 11.5 Å². The summed E-state index contributed by atoms with van der Waals surface area (Å²) in [5, 5.41) is 14.2. The fourth-order valence-corrected chi connectivity index (χ4v) is 1.75. The molecule has 1 atom stereocenters. The van der Waals surface area contributed by atoms with Crippen LogP contribution in [0.25, 0.3) is 0 Å². The first-order valence-electron chi connectivity index (χ1n) is 5.52. The van der Waals surface area contributed by atoms with Crippen molar-refractivity contribution in [2.24, 2.45) is 5.92 Å². The van der Waals surface area contributed by atoms with Crippen LogP contribution in [-0.4, -0.2) is 15.9 Å². The minimum atomic E-state index is -0.478. The summed E-state index contributed by atoms with van der Waals surface area (Å²) in [5.74, 6) is 0.650. The Labute approximate surface area is 105 Å². The molecule has 0 saturated carbocycles. The second kappa shape index (κ2) is 5.82. The maximum absolute atomic E-state index is 10.9. The van der Waals surface area contributed by atoms with Crippen LogP contribution in [0.15, 0.2) is 12.3 Å². The van der Waals surface area contributed by atoms with E-state index in [0.29, 0.717) is 5.92 Å². The van der Waals surface area contributed by atoms with Crippen molar-refractivity contribution in [3.8, 4) is 0 Å². The monoisotopic (exact) mass is 257 g/mol. The molecule has 1 aromatic heterocycles. The lowest BCUT2D eigenvalue weighted by atomic mass is 10.0. The van der Waals surface area contributed by atoms with Gasteiger partial charge in [-0.25, -0.2) is 4.98 Å². The molecule has 0 aliphatic carbocycles. The molecule has 6 heteroatoms. The van der Waals surface area contributed by atoms with Crippen molar-refractivity contribution in [2.75, 3.05) is 5.32 Å². The third-order valence-electron chi connectivity index (χ3n) is 2.60. The van der Waals surface area contributed by atoms with Crippen LogP contribution in [-0.2, 0) is 0 Å². The first-order valence-corrected chi connectivity index (χ1v) is 5.90. The smallest absolute Gasteiger partial charge is 0.312 e. The van der Waals surface area contributed by atoms with E-state index in [-0.39, 0.29) is 22.6 Å². The SMILES string of the molecule is CCC(Nc1ncc(Cl)cc1[N+](=O)[O-])C(C)C. The zero-order valence-corrected chi connectivity index (χ0v) is 10.9. The van der Waals surface area contributed by atoms with Gasteiger partial charge in [0, 0.05) is 18.3 Å². The van der Waals surface area contributed by atoms with Crippen LogP contribution in [0.1, 0.15) is 27.2 Å². The Morgan fingerprint density at radius 1 is 1.59 bits per heavy atom. The lowest BCUT2D eigenvalue weighted by Crippen LogP contribution is -2.25. The number of nitrogens with one attached hydrogen (secondary N) is 1. The van der Waals surface area contributed by atoms with Gasteiger partial charge in [0.05, 0.1) is 9.95 Å². The van der Waals surface area contributed by atoms with Gasteiger partial charge < -0.3 is 5.32 Å². The second-order valence-corrected chi connectivity index (χ2v) is 4.62. The quantitative estimate of drug-likeness (QED) is 0.648. The Morgan fingerprint density at radius 2 is 2.24 bits per heavy atom. The molecule has 0 aromatic carbocycles. The summed E-state index contributed by atoms with van der Waals surface area (Å²) in [6.45, 7) is 6.14. The highest BCUT2D eigenvalue weighted by molar-refractivity contribution is 6.30. The highest BCUT2D eigenvalue weighted by Gasteiger charge is 2.20. The standard InChI is InChI=1S/C11H16ClN3O2/c1-4-9(7(2)3)14-11-10(15(16)17)5-8(12)6-13-11/h5-7,9H,4H2,1-3H3,(H,13,14). The molecular weight excluding hydrogens is 242 g/mol. The van der Waals surface area contributed by atoms with Gasteiger partial charge in [0.25, 0.3) is 0 Å². The zero-order chi connectivity index (χ0) is 13.0. The van der Waals surface area contributed by atoms with Crippen molar-refractivity contribution < 1.29 is 4.92 Å². The summed E-state index contributed by atoms with van der Waals surface area (Å²) >= 11 is 5.70. The number of rotatable bonds is 5. The third kappa shape index (κ3) is 3.56. The Hall–Kier alpha value is -1.36. The Balaban J connectivity index is 3.01. The molecule has 1 aromatic rings. The van der Waals surface area contributed by atoms with Gasteiger partial charge in [0.2, 0.25) is 5.82 Å². The van der Waals surface area contributed by atoms with Gasteiger partial charge in [-0.3, -0.25) is 10.1 Å². The molecule has 94 valence electrons. The first-order chi connectivity index (χ1) is 7.95. The topological polar surface area (TPSA) is 68.1 Å². The molecule has 1 N–H and O–H groups in total. The predicted octanol–water partition coefficient (Wildman–Crippen LogP) is 3.49. The van der Waals surface area contributed by atoms with Gasteiger partial charge in [-0.05, 0) is 12.3 Å². The van der Waals surface area contributed by atoms with Gasteiger partial charge in [-0.1, -0.05) is 32.4 Å². The van der Waals surface area contributed by atoms with Crippen LogP contribution < -0.4 is 5.32 Å². The van der Waals surface area contributed by atoms with Crippen molar-refractivity contribution >= 4 is 23.1 Å². The molecule has 0 radical (unpaired) electrons. The van der Waals surface area contributed by atoms with Crippen molar-refractivity contribution in [2.45, 2.75) is 33.2 Å². The van der Waals surface area contributed by atoms with Crippen molar-refractivity contribution in [1.29, 1.82) is 0 Å². The second-order valence-electron chi connectivity index (χ2n) is 4.18. The van der Waals surface area contributed by atoms with Crippen LogP contribution in [0.3, 0.4) is 0 Å². The molecule has 1 rings (SSSR count).